The minimum Gasteiger partial charge on any atom is -0.493 e. The summed E-state index contributed by atoms with van der Waals surface area (Å²) in [5.41, 5.74) is 7.21. The van der Waals surface area contributed by atoms with Gasteiger partial charge in [-0.05, 0) is 23.8 Å². The number of rotatable bonds is 4. The number of methoxy groups -OCH3 is 2. The van der Waals surface area contributed by atoms with Gasteiger partial charge in [-0.1, -0.05) is 23.7 Å². The monoisotopic (exact) mass is 295 g/mol. The van der Waals surface area contributed by atoms with E-state index in [-0.39, 0.29) is 0 Å². The minimum atomic E-state index is -0.605. The van der Waals surface area contributed by atoms with Gasteiger partial charge in [-0.25, -0.2) is 4.39 Å². The molecular formula is C15H15ClFNO2. The normalized spacial score (nSPS) is 12.1. The fraction of sp³-hybridized carbons (Fsp3) is 0.200. The van der Waals surface area contributed by atoms with Crippen LogP contribution in [0, 0.1) is 5.82 Å². The summed E-state index contributed by atoms with van der Waals surface area (Å²) < 4.78 is 24.3. The van der Waals surface area contributed by atoms with E-state index in [0.717, 1.165) is 5.56 Å². The van der Waals surface area contributed by atoms with Gasteiger partial charge in [0.2, 0.25) is 0 Å². The average molecular weight is 296 g/mol. The molecule has 0 aliphatic rings. The molecule has 0 amide bonds. The number of hydrogen-bond donors (Lipinski definition) is 1. The summed E-state index contributed by atoms with van der Waals surface area (Å²) in [5.74, 6) is 0.329. The molecule has 1 unspecified atom stereocenters. The molecule has 2 rings (SSSR count). The van der Waals surface area contributed by atoms with Crippen molar-refractivity contribution >= 4 is 11.6 Å². The molecule has 20 heavy (non-hydrogen) atoms. The smallest absolute Gasteiger partial charge is 0.163 e. The second-order valence-electron chi connectivity index (χ2n) is 4.26. The molecule has 5 heteroatoms. The predicted octanol–water partition coefficient (Wildman–Crippen LogP) is 3.54. The molecule has 0 aliphatic heterocycles. The lowest BCUT2D eigenvalue weighted by molar-refractivity contribution is 0.351. The Kier molecular flexibility index (Phi) is 4.47. The van der Waals surface area contributed by atoms with E-state index >= 15 is 0 Å². The molecule has 0 aromatic heterocycles. The molecule has 0 heterocycles. The van der Waals surface area contributed by atoms with Crippen molar-refractivity contribution in [2.45, 2.75) is 6.04 Å². The Labute approximate surface area is 122 Å². The Morgan fingerprint density at radius 1 is 1.05 bits per heavy atom. The first-order chi connectivity index (χ1) is 9.56. The van der Waals surface area contributed by atoms with E-state index in [1.807, 2.05) is 0 Å². The van der Waals surface area contributed by atoms with Crippen LogP contribution in [0.1, 0.15) is 17.2 Å². The van der Waals surface area contributed by atoms with Crippen LogP contribution in [0.5, 0.6) is 11.5 Å². The summed E-state index contributed by atoms with van der Waals surface area (Å²) in [6.45, 7) is 0. The summed E-state index contributed by atoms with van der Waals surface area (Å²) in [5, 5.41) is 0.605. The van der Waals surface area contributed by atoms with Crippen LogP contribution < -0.4 is 15.2 Å². The van der Waals surface area contributed by atoms with Crippen molar-refractivity contribution in [2.75, 3.05) is 14.2 Å². The SMILES string of the molecule is COc1cc(F)c(C(N)c2ccc(Cl)cc2)cc1OC. The van der Waals surface area contributed by atoms with Gasteiger partial charge in [0.05, 0.1) is 20.3 Å². The van der Waals surface area contributed by atoms with E-state index in [2.05, 4.69) is 0 Å². The van der Waals surface area contributed by atoms with Crippen LogP contribution in [0.4, 0.5) is 4.39 Å². The van der Waals surface area contributed by atoms with E-state index in [4.69, 9.17) is 26.8 Å². The van der Waals surface area contributed by atoms with Crippen molar-refractivity contribution in [3.05, 3.63) is 58.4 Å². The zero-order valence-electron chi connectivity index (χ0n) is 11.2. The second kappa shape index (κ2) is 6.11. The van der Waals surface area contributed by atoms with Crippen LogP contribution in [0.3, 0.4) is 0 Å². The van der Waals surface area contributed by atoms with Crippen LogP contribution in [-0.4, -0.2) is 14.2 Å². The van der Waals surface area contributed by atoms with Gasteiger partial charge in [0.1, 0.15) is 5.82 Å². The number of nitrogens with two attached hydrogens (primary N) is 1. The zero-order valence-corrected chi connectivity index (χ0v) is 11.9. The number of ether oxygens (including phenoxy) is 2. The topological polar surface area (TPSA) is 44.5 Å². The summed E-state index contributed by atoms with van der Waals surface area (Å²) >= 11 is 5.83. The molecule has 3 nitrogen and oxygen atoms in total. The van der Waals surface area contributed by atoms with Gasteiger partial charge in [-0.15, -0.1) is 0 Å². The largest absolute Gasteiger partial charge is 0.493 e. The number of halogens is 2. The first kappa shape index (κ1) is 14.6. The summed E-state index contributed by atoms with van der Waals surface area (Å²) in [6.07, 6.45) is 0. The van der Waals surface area contributed by atoms with Gasteiger partial charge in [0, 0.05) is 16.7 Å². The van der Waals surface area contributed by atoms with Crippen molar-refractivity contribution in [2.24, 2.45) is 5.73 Å². The summed E-state index contributed by atoms with van der Waals surface area (Å²) in [7, 11) is 2.95. The molecule has 2 N–H and O–H groups in total. The maximum absolute atomic E-state index is 14.1. The van der Waals surface area contributed by atoms with Gasteiger partial charge in [-0.2, -0.15) is 0 Å². The highest BCUT2D eigenvalue weighted by Crippen LogP contribution is 2.33. The lowest BCUT2D eigenvalue weighted by Gasteiger charge is -2.16. The maximum atomic E-state index is 14.1. The zero-order chi connectivity index (χ0) is 14.7. The van der Waals surface area contributed by atoms with E-state index < -0.39 is 11.9 Å². The van der Waals surface area contributed by atoms with E-state index in [1.165, 1.54) is 20.3 Å². The van der Waals surface area contributed by atoms with Crippen molar-refractivity contribution in [3.8, 4) is 11.5 Å². The quantitative estimate of drug-likeness (QED) is 0.938. The molecular weight excluding hydrogens is 281 g/mol. The van der Waals surface area contributed by atoms with Crippen molar-refractivity contribution < 1.29 is 13.9 Å². The second-order valence-corrected chi connectivity index (χ2v) is 4.69. The highest BCUT2D eigenvalue weighted by atomic mass is 35.5. The Bertz CT molecular complexity index is 602. The third kappa shape index (κ3) is 2.86. The van der Waals surface area contributed by atoms with Gasteiger partial charge in [0.25, 0.3) is 0 Å². The Morgan fingerprint density at radius 3 is 2.15 bits per heavy atom. The molecule has 0 radical (unpaired) electrons. The Hall–Kier alpha value is -1.78. The highest BCUT2D eigenvalue weighted by Gasteiger charge is 2.17. The number of hydrogen-bond acceptors (Lipinski definition) is 3. The minimum absolute atomic E-state index is 0.331. The molecule has 0 spiro atoms. The van der Waals surface area contributed by atoms with Gasteiger partial charge in [-0.3, -0.25) is 0 Å². The predicted molar refractivity (Wildman–Crippen MR) is 77.0 cm³/mol. The van der Waals surface area contributed by atoms with Crippen LogP contribution in [0.25, 0.3) is 0 Å². The molecule has 0 aliphatic carbocycles. The fourth-order valence-electron chi connectivity index (χ4n) is 1.96. The molecule has 0 fully saturated rings. The third-order valence-electron chi connectivity index (χ3n) is 3.07. The molecule has 1 atom stereocenters. The molecule has 0 saturated heterocycles. The van der Waals surface area contributed by atoms with E-state index in [0.29, 0.717) is 22.1 Å². The Balaban J connectivity index is 2.43. The summed E-state index contributed by atoms with van der Waals surface area (Å²) in [4.78, 5) is 0. The molecule has 0 bridgehead atoms. The summed E-state index contributed by atoms with van der Waals surface area (Å²) in [6, 6.07) is 9.18. The molecule has 0 saturated carbocycles. The fourth-order valence-corrected chi connectivity index (χ4v) is 2.08. The lowest BCUT2D eigenvalue weighted by Crippen LogP contribution is -2.14. The van der Waals surface area contributed by atoms with E-state index in [9.17, 15) is 4.39 Å². The van der Waals surface area contributed by atoms with E-state index in [1.54, 1.807) is 30.3 Å². The van der Waals surface area contributed by atoms with Gasteiger partial charge >= 0.3 is 0 Å². The van der Waals surface area contributed by atoms with Crippen molar-refractivity contribution in [3.63, 3.8) is 0 Å². The van der Waals surface area contributed by atoms with Gasteiger partial charge in [0.15, 0.2) is 11.5 Å². The molecule has 106 valence electrons. The standard InChI is InChI=1S/C15H15ClFNO2/c1-19-13-7-11(12(17)8-14(13)20-2)15(18)9-3-5-10(16)6-4-9/h3-8,15H,18H2,1-2H3. The highest BCUT2D eigenvalue weighted by molar-refractivity contribution is 6.30. The lowest BCUT2D eigenvalue weighted by atomic mass is 9.98. The van der Waals surface area contributed by atoms with Crippen LogP contribution in [-0.2, 0) is 0 Å². The van der Waals surface area contributed by atoms with Gasteiger partial charge < -0.3 is 15.2 Å². The third-order valence-corrected chi connectivity index (χ3v) is 3.32. The van der Waals surface area contributed by atoms with Crippen LogP contribution in [0.15, 0.2) is 36.4 Å². The van der Waals surface area contributed by atoms with Crippen LogP contribution in [0.2, 0.25) is 5.02 Å². The first-order valence-electron chi connectivity index (χ1n) is 5.99. The Morgan fingerprint density at radius 2 is 1.60 bits per heavy atom. The van der Waals surface area contributed by atoms with Crippen molar-refractivity contribution in [1.82, 2.24) is 0 Å². The van der Waals surface area contributed by atoms with Crippen molar-refractivity contribution in [1.29, 1.82) is 0 Å². The number of benzene rings is 2. The molecule has 2 aromatic rings. The molecule has 2 aromatic carbocycles. The first-order valence-corrected chi connectivity index (χ1v) is 6.37. The van der Waals surface area contributed by atoms with Crippen LogP contribution >= 0.6 is 11.6 Å². The maximum Gasteiger partial charge on any atom is 0.163 e. The average Bonchev–Trinajstić information content (AvgIpc) is 2.47.